The lowest BCUT2D eigenvalue weighted by Gasteiger charge is -2.03. The van der Waals surface area contributed by atoms with Crippen molar-refractivity contribution < 1.29 is 14.1 Å². The predicted octanol–water partition coefficient (Wildman–Crippen LogP) is 4.01. The SMILES string of the molecule is O=C(/C=C/c1ccc(Cl)cc1)Nc1cc2cccc([N+](=O)[O-])c2oc1=O. The molecular formula is C18H11ClN2O5. The summed E-state index contributed by atoms with van der Waals surface area (Å²) in [6, 6.07) is 12.4. The number of hydrogen-bond donors (Lipinski definition) is 1. The minimum absolute atomic E-state index is 0.108. The third-order valence-corrected chi connectivity index (χ3v) is 3.74. The van der Waals surface area contributed by atoms with Gasteiger partial charge in [-0.1, -0.05) is 35.9 Å². The highest BCUT2D eigenvalue weighted by atomic mass is 35.5. The van der Waals surface area contributed by atoms with E-state index in [-0.39, 0.29) is 17.0 Å². The Labute approximate surface area is 151 Å². The lowest BCUT2D eigenvalue weighted by molar-refractivity contribution is -0.383. The van der Waals surface area contributed by atoms with E-state index < -0.39 is 16.5 Å². The van der Waals surface area contributed by atoms with Crippen LogP contribution in [-0.4, -0.2) is 10.8 Å². The van der Waals surface area contributed by atoms with Crippen LogP contribution in [0.25, 0.3) is 17.0 Å². The molecular weight excluding hydrogens is 360 g/mol. The van der Waals surface area contributed by atoms with E-state index in [1.165, 1.54) is 24.3 Å². The van der Waals surface area contributed by atoms with Crippen molar-refractivity contribution in [3.63, 3.8) is 0 Å². The first-order valence-corrected chi connectivity index (χ1v) is 7.78. The minimum Gasteiger partial charge on any atom is -0.414 e. The molecule has 0 aliphatic rings. The van der Waals surface area contributed by atoms with E-state index in [1.54, 1.807) is 36.4 Å². The number of nitro benzene ring substituents is 1. The molecule has 1 heterocycles. The number of para-hydroxylation sites is 1. The number of nitrogens with one attached hydrogen (secondary N) is 1. The van der Waals surface area contributed by atoms with Crippen LogP contribution in [0.2, 0.25) is 5.02 Å². The van der Waals surface area contributed by atoms with Crippen molar-refractivity contribution in [3.8, 4) is 0 Å². The van der Waals surface area contributed by atoms with E-state index in [1.807, 2.05) is 0 Å². The van der Waals surface area contributed by atoms with Gasteiger partial charge < -0.3 is 9.73 Å². The molecule has 0 spiro atoms. The van der Waals surface area contributed by atoms with E-state index >= 15 is 0 Å². The summed E-state index contributed by atoms with van der Waals surface area (Å²) in [5.74, 6) is -0.544. The predicted molar refractivity (Wildman–Crippen MR) is 98.3 cm³/mol. The maximum atomic E-state index is 12.0. The molecule has 1 amide bonds. The average Bonchev–Trinajstić information content (AvgIpc) is 2.61. The fraction of sp³-hybridized carbons (Fsp3) is 0. The highest BCUT2D eigenvalue weighted by molar-refractivity contribution is 6.30. The molecule has 0 saturated heterocycles. The average molecular weight is 371 g/mol. The lowest BCUT2D eigenvalue weighted by atomic mass is 10.2. The quantitative estimate of drug-likeness (QED) is 0.323. The van der Waals surface area contributed by atoms with Gasteiger partial charge in [-0.3, -0.25) is 14.9 Å². The number of amides is 1. The van der Waals surface area contributed by atoms with E-state index in [2.05, 4.69) is 5.32 Å². The van der Waals surface area contributed by atoms with Crippen LogP contribution >= 0.6 is 11.6 Å². The highest BCUT2D eigenvalue weighted by Crippen LogP contribution is 2.25. The second kappa shape index (κ2) is 7.20. The second-order valence-corrected chi connectivity index (χ2v) is 5.71. The number of non-ortho nitro benzene ring substituents is 1. The van der Waals surface area contributed by atoms with Crippen LogP contribution in [0.4, 0.5) is 11.4 Å². The molecule has 1 N–H and O–H groups in total. The Kier molecular flexibility index (Phi) is 4.81. The van der Waals surface area contributed by atoms with Gasteiger partial charge in [-0.05, 0) is 29.8 Å². The number of nitro groups is 1. The molecule has 7 nitrogen and oxygen atoms in total. The number of rotatable bonds is 4. The van der Waals surface area contributed by atoms with Crippen LogP contribution in [0.5, 0.6) is 0 Å². The van der Waals surface area contributed by atoms with Gasteiger partial charge in [0, 0.05) is 22.6 Å². The van der Waals surface area contributed by atoms with Gasteiger partial charge in [0.15, 0.2) is 0 Å². The lowest BCUT2D eigenvalue weighted by Crippen LogP contribution is -2.15. The molecule has 0 unspecified atom stereocenters. The zero-order chi connectivity index (χ0) is 18.7. The monoisotopic (exact) mass is 370 g/mol. The third-order valence-electron chi connectivity index (χ3n) is 3.49. The van der Waals surface area contributed by atoms with Gasteiger partial charge in [0.2, 0.25) is 11.5 Å². The van der Waals surface area contributed by atoms with Crippen molar-refractivity contribution >= 4 is 45.9 Å². The molecule has 3 aromatic rings. The number of halogens is 1. The standard InChI is InChI=1S/C18H11ClN2O5/c19-13-7-4-11(5-8-13)6-9-16(22)20-14-10-12-2-1-3-15(21(24)25)17(12)26-18(14)23/h1-10H,(H,20,22)/b9-6+. The van der Waals surface area contributed by atoms with Crippen molar-refractivity contribution in [2.24, 2.45) is 0 Å². The Morgan fingerprint density at radius 2 is 1.92 bits per heavy atom. The molecule has 1 aromatic heterocycles. The van der Waals surface area contributed by atoms with Gasteiger partial charge in [-0.25, -0.2) is 4.79 Å². The molecule has 0 fully saturated rings. The van der Waals surface area contributed by atoms with E-state index in [0.29, 0.717) is 10.4 Å². The summed E-state index contributed by atoms with van der Waals surface area (Å²) in [7, 11) is 0. The Hall–Kier alpha value is -3.45. The second-order valence-electron chi connectivity index (χ2n) is 5.27. The van der Waals surface area contributed by atoms with Crippen molar-refractivity contribution in [1.82, 2.24) is 0 Å². The largest absolute Gasteiger partial charge is 0.414 e. The fourth-order valence-electron chi connectivity index (χ4n) is 2.28. The van der Waals surface area contributed by atoms with Crippen LogP contribution in [0.1, 0.15) is 5.56 Å². The number of fused-ring (bicyclic) bond motifs is 1. The van der Waals surface area contributed by atoms with Crippen LogP contribution in [0.3, 0.4) is 0 Å². The summed E-state index contributed by atoms with van der Waals surface area (Å²) >= 11 is 5.79. The van der Waals surface area contributed by atoms with Gasteiger partial charge in [0.25, 0.3) is 0 Å². The molecule has 130 valence electrons. The molecule has 0 aliphatic heterocycles. The summed E-state index contributed by atoms with van der Waals surface area (Å²) in [5.41, 5.74) is -0.688. The van der Waals surface area contributed by atoms with Gasteiger partial charge >= 0.3 is 11.3 Å². The Morgan fingerprint density at radius 1 is 1.19 bits per heavy atom. The number of nitrogens with zero attached hydrogens (tertiary/aromatic N) is 1. The van der Waals surface area contributed by atoms with Crippen LogP contribution in [-0.2, 0) is 4.79 Å². The normalized spacial score (nSPS) is 11.0. The summed E-state index contributed by atoms with van der Waals surface area (Å²) in [4.78, 5) is 34.4. The van der Waals surface area contributed by atoms with Crippen molar-refractivity contribution in [2.75, 3.05) is 5.32 Å². The molecule has 2 aromatic carbocycles. The summed E-state index contributed by atoms with van der Waals surface area (Å²) in [6.07, 6.45) is 2.81. The van der Waals surface area contributed by atoms with Crippen molar-refractivity contribution in [3.05, 3.63) is 85.7 Å². The molecule has 0 bridgehead atoms. The Bertz CT molecular complexity index is 1090. The molecule has 8 heteroatoms. The van der Waals surface area contributed by atoms with E-state index in [4.69, 9.17) is 16.0 Å². The van der Waals surface area contributed by atoms with Crippen LogP contribution in [0, 0.1) is 10.1 Å². The molecule has 26 heavy (non-hydrogen) atoms. The summed E-state index contributed by atoms with van der Waals surface area (Å²) in [5, 5.41) is 14.3. The first-order chi connectivity index (χ1) is 12.4. The van der Waals surface area contributed by atoms with Crippen LogP contribution in [0.15, 0.2) is 63.8 Å². The van der Waals surface area contributed by atoms with Gasteiger partial charge in [0.05, 0.1) is 4.92 Å². The number of hydrogen-bond acceptors (Lipinski definition) is 5. The Morgan fingerprint density at radius 3 is 2.62 bits per heavy atom. The van der Waals surface area contributed by atoms with E-state index in [9.17, 15) is 19.7 Å². The first-order valence-electron chi connectivity index (χ1n) is 7.40. The minimum atomic E-state index is -0.875. The third kappa shape index (κ3) is 3.79. The zero-order valence-electron chi connectivity index (χ0n) is 13.1. The number of carbonyl (C=O) groups is 1. The molecule has 0 saturated carbocycles. The van der Waals surface area contributed by atoms with Gasteiger partial charge in [0.1, 0.15) is 5.69 Å². The molecule has 0 aliphatic carbocycles. The summed E-state index contributed by atoms with van der Waals surface area (Å²) < 4.78 is 5.01. The number of benzene rings is 2. The maximum absolute atomic E-state index is 12.0. The fourth-order valence-corrected chi connectivity index (χ4v) is 2.41. The smallest absolute Gasteiger partial charge is 0.360 e. The van der Waals surface area contributed by atoms with E-state index in [0.717, 1.165) is 5.56 Å². The van der Waals surface area contributed by atoms with Gasteiger partial charge in [-0.15, -0.1) is 0 Å². The topological polar surface area (TPSA) is 102 Å². The van der Waals surface area contributed by atoms with Crippen molar-refractivity contribution in [1.29, 1.82) is 0 Å². The highest BCUT2D eigenvalue weighted by Gasteiger charge is 2.16. The molecule has 0 radical (unpaired) electrons. The molecule has 3 rings (SSSR count). The number of anilines is 1. The summed E-state index contributed by atoms with van der Waals surface area (Å²) in [6.45, 7) is 0. The van der Waals surface area contributed by atoms with Crippen molar-refractivity contribution in [2.45, 2.75) is 0 Å². The first kappa shape index (κ1) is 17.4. The maximum Gasteiger partial charge on any atom is 0.360 e. The zero-order valence-corrected chi connectivity index (χ0v) is 13.9. The van der Waals surface area contributed by atoms with Gasteiger partial charge in [-0.2, -0.15) is 0 Å². The Balaban J connectivity index is 1.85. The van der Waals surface area contributed by atoms with Crippen LogP contribution < -0.4 is 10.9 Å². The number of carbonyl (C=O) groups excluding carboxylic acids is 1. The molecule has 0 atom stereocenters.